The Labute approximate surface area is 185 Å². The number of H-pyrrole nitrogens is 1. The number of methoxy groups -OCH3 is 1. The Hall–Kier alpha value is -4.13. The molecular weight excluding hydrogens is 404 g/mol. The predicted molar refractivity (Wildman–Crippen MR) is 125 cm³/mol. The summed E-state index contributed by atoms with van der Waals surface area (Å²) in [4.78, 5) is 31.8. The standard InChI is InChI=1S/C25H24N4O3/c1-16(30)26-19-11-7-17(8-12-19)9-14-24-27-20-13-10-18(15-22(20)28-24)25(31)29-21-5-3-4-6-23(21)32-2/h3-8,10-13,15H,9,14H2,1-2H3,(H,26,30)(H,27,28)(H,29,31). The molecule has 0 spiro atoms. The van der Waals surface area contributed by atoms with Crippen molar-refractivity contribution in [2.24, 2.45) is 0 Å². The number of ether oxygens (including phenoxy) is 1. The molecule has 0 aliphatic heterocycles. The lowest BCUT2D eigenvalue weighted by molar-refractivity contribution is -0.114. The molecule has 0 saturated carbocycles. The SMILES string of the molecule is COc1ccccc1NC(=O)c1ccc2nc(CCc3ccc(NC(C)=O)cc3)[nH]c2c1. The van der Waals surface area contributed by atoms with Crippen LogP contribution in [-0.2, 0) is 17.6 Å². The van der Waals surface area contributed by atoms with Crippen LogP contribution in [0.15, 0.2) is 66.7 Å². The van der Waals surface area contributed by atoms with Gasteiger partial charge in [0.1, 0.15) is 11.6 Å². The molecule has 0 radical (unpaired) electrons. The minimum atomic E-state index is -0.216. The number of nitrogens with one attached hydrogen (secondary N) is 3. The summed E-state index contributed by atoms with van der Waals surface area (Å²) in [5, 5.41) is 5.65. The number of amides is 2. The second-order valence-electron chi connectivity index (χ2n) is 7.45. The number of carbonyl (C=O) groups is 2. The first kappa shape index (κ1) is 21.1. The summed E-state index contributed by atoms with van der Waals surface area (Å²) in [6, 6.07) is 20.5. The average molecular weight is 428 g/mol. The number of aromatic nitrogens is 2. The van der Waals surface area contributed by atoms with Crippen LogP contribution in [0.2, 0.25) is 0 Å². The number of nitrogens with zero attached hydrogens (tertiary/aromatic N) is 1. The fraction of sp³-hybridized carbons (Fsp3) is 0.160. The van der Waals surface area contributed by atoms with Crippen LogP contribution >= 0.6 is 0 Å². The lowest BCUT2D eigenvalue weighted by Crippen LogP contribution is -2.12. The van der Waals surface area contributed by atoms with Gasteiger partial charge < -0.3 is 20.4 Å². The van der Waals surface area contributed by atoms with Crippen LogP contribution in [0.25, 0.3) is 11.0 Å². The van der Waals surface area contributed by atoms with Crippen LogP contribution in [-0.4, -0.2) is 28.9 Å². The number of carbonyl (C=O) groups excluding carboxylic acids is 2. The van der Waals surface area contributed by atoms with Crippen LogP contribution < -0.4 is 15.4 Å². The molecule has 0 saturated heterocycles. The average Bonchev–Trinajstić information content (AvgIpc) is 3.21. The topological polar surface area (TPSA) is 96.1 Å². The zero-order valence-electron chi connectivity index (χ0n) is 17.9. The normalized spacial score (nSPS) is 10.7. The highest BCUT2D eigenvalue weighted by atomic mass is 16.5. The van der Waals surface area contributed by atoms with Crippen molar-refractivity contribution in [2.45, 2.75) is 19.8 Å². The summed E-state index contributed by atoms with van der Waals surface area (Å²) in [6.07, 6.45) is 1.54. The van der Waals surface area contributed by atoms with Crippen molar-refractivity contribution in [3.05, 3.63) is 83.7 Å². The van der Waals surface area contributed by atoms with E-state index in [0.717, 1.165) is 41.0 Å². The molecule has 0 unspecified atom stereocenters. The Balaban J connectivity index is 1.43. The van der Waals surface area contributed by atoms with Crippen molar-refractivity contribution in [3.63, 3.8) is 0 Å². The molecular formula is C25H24N4O3. The van der Waals surface area contributed by atoms with Crippen LogP contribution in [0.4, 0.5) is 11.4 Å². The Morgan fingerprint density at radius 1 is 0.969 bits per heavy atom. The summed E-state index contributed by atoms with van der Waals surface area (Å²) >= 11 is 0. The third kappa shape index (κ3) is 4.95. The van der Waals surface area contributed by atoms with E-state index in [1.165, 1.54) is 6.92 Å². The van der Waals surface area contributed by atoms with Crippen molar-refractivity contribution in [2.75, 3.05) is 17.7 Å². The van der Waals surface area contributed by atoms with Gasteiger partial charge >= 0.3 is 0 Å². The van der Waals surface area contributed by atoms with Gasteiger partial charge in [-0.2, -0.15) is 0 Å². The van der Waals surface area contributed by atoms with E-state index in [4.69, 9.17) is 4.74 Å². The van der Waals surface area contributed by atoms with Gasteiger partial charge in [-0.1, -0.05) is 24.3 Å². The maximum atomic E-state index is 12.7. The number of para-hydroxylation sites is 2. The molecule has 32 heavy (non-hydrogen) atoms. The van der Waals surface area contributed by atoms with Gasteiger partial charge in [-0.3, -0.25) is 9.59 Å². The van der Waals surface area contributed by atoms with Crippen molar-refractivity contribution in [1.82, 2.24) is 9.97 Å². The number of aromatic amines is 1. The molecule has 0 fully saturated rings. The Morgan fingerprint density at radius 3 is 2.50 bits per heavy atom. The second-order valence-corrected chi connectivity index (χ2v) is 7.45. The van der Waals surface area contributed by atoms with Crippen molar-refractivity contribution in [3.8, 4) is 5.75 Å². The van der Waals surface area contributed by atoms with E-state index in [1.54, 1.807) is 31.4 Å². The summed E-state index contributed by atoms with van der Waals surface area (Å²) in [5.74, 6) is 1.16. The highest BCUT2D eigenvalue weighted by Crippen LogP contribution is 2.24. The Bertz CT molecular complexity index is 1260. The third-order valence-electron chi connectivity index (χ3n) is 5.07. The van der Waals surface area contributed by atoms with E-state index in [2.05, 4.69) is 20.6 Å². The maximum Gasteiger partial charge on any atom is 0.255 e. The number of aryl methyl sites for hydroxylation is 2. The van der Waals surface area contributed by atoms with Gasteiger partial charge in [-0.15, -0.1) is 0 Å². The lowest BCUT2D eigenvalue weighted by Gasteiger charge is -2.09. The van der Waals surface area contributed by atoms with Gasteiger partial charge in [0.25, 0.3) is 5.91 Å². The van der Waals surface area contributed by atoms with Crippen molar-refractivity contribution >= 4 is 34.2 Å². The smallest absolute Gasteiger partial charge is 0.255 e. The van der Waals surface area contributed by atoms with E-state index < -0.39 is 0 Å². The summed E-state index contributed by atoms with van der Waals surface area (Å²) in [5.41, 5.74) is 4.71. The molecule has 7 heteroatoms. The molecule has 162 valence electrons. The largest absolute Gasteiger partial charge is 0.495 e. The molecule has 2 amide bonds. The first-order valence-electron chi connectivity index (χ1n) is 10.3. The van der Waals surface area contributed by atoms with Crippen LogP contribution in [0, 0.1) is 0 Å². The number of hydrogen-bond donors (Lipinski definition) is 3. The summed E-state index contributed by atoms with van der Waals surface area (Å²) in [7, 11) is 1.57. The minimum Gasteiger partial charge on any atom is -0.495 e. The van der Waals surface area contributed by atoms with Gasteiger partial charge in [0, 0.05) is 24.6 Å². The van der Waals surface area contributed by atoms with E-state index in [-0.39, 0.29) is 11.8 Å². The van der Waals surface area contributed by atoms with Gasteiger partial charge in [-0.25, -0.2) is 4.98 Å². The fourth-order valence-electron chi connectivity index (χ4n) is 3.49. The number of anilines is 2. The van der Waals surface area contributed by atoms with E-state index in [0.29, 0.717) is 17.0 Å². The molecule has 7 nitrogen and oxygen atoms in total. The molecule has 0 aliphatic rings. The first-order valence-corrected chi connectivity index (χ1v) is 10.3. The van der Waals surface area contributed by atoms with E-state index in [9.17, 15) is 9.59 Å². The molecule has 1 aromatic heterocycles. The highest BCUT2D eigenvalue weighted by Gasteiger charge is 2.12. The molecule has 4 rings (SSSR count). The monoisotopic (exact) mass is 428 g/mol. The van der Waals surface area contributed by atoms with Gasteiger partial charge in [0.2, 0.25) is 5.91 Å². The van der Waals surface area contributed by atoms with Gasteiger partial charge in [0.15, 0.2) is 0 Å². The Kier molecular flexibility index (Phi) is 6.17. The zero-order chi connectivity index (χ0) is 22.5. The van der Waals surface area contributed by atoms with Crippen molar-refractivity contribution < 1.29 is 14.3 Å². The molecule has 3 aromatic carbocycles. The number of fused-ring (bicyclic) bond motifs is 1. The van der Waals surface area contributed by atoms with E-state index >= 15 is 0 Å². The summed E-state index contributed by atoms with van der Waals surface area (Å²) in [6.45, 7) is 1.49. The molecule has 0 aliphatic carbocycles. The molecule has 1 heterocycles. The predicted octanol–water partition coefficient (Wildman–Crippen LogP) is 4.57. The highest BCUT2D eigenvalue weighted by molar-refractivity contribution is 6.06. The quantitative estimate of drug-likeness (QED) is 0.402. The molecule has 0 atom stereocenters. The second kappa shape index (κ2) is 9.34. The minimum absolute atomic E-state index is 0.0871. The fourth-order valence-corrected chi connectivity index (χ4v) is 3.49. The zero-order valence-corrected chi connectivity index (χ0v) is 17.9. The third-order valence-corrected chi connectivity index (χ3v) is 5.07. The van der Waals surface area contributed by atoms with E-state index in [1.807, 2.05) is 42.5 Å². The number of hydrogen-bond acceptors (Lipinski definition) is 4. The van der Waals surface area contributed by atoms with Crippen molar-refractivity contribution in [1.29, 1.82) is 0 Å². The maximum absolute atomic E-state index is 12.7. The van der Waals surface area contributed by atoms with Crippen LogP contribution in [0.1, 0.15) is 28.7 Å². The molecule has 3 N–H and O–H groups in total. The van der Waals surface area contributed by atoms with Crippen LogP contribution in [0.3, 0.4) is 0 Å². The summed E-state index contributed by atoms with van der Waals surface area (Å²) < 4.78 is 5.29. The van der Waals surface area contributed by atoms with Gasteiger partial charge in [-0.05, 0) is 54.4 Å². The number of rotatable bonds is 7. The molecule has 0 bridgehead atoms. The van der Waals surface area contributed by atoms with Crippen LogP contribution in [0.5, 0.6) is 5.75 Å². The Morgan fingerprint density at radius 2 is 1.75 bits per heavy atom. The number of imidazole rings is 1. The van der Waals surface area contributed by atoms with Gasteiger partial charge in [0.05, 0.1) is 23.8 Å². The lowest BCUT2D eigenvalue weighted by atomic mass is 10.1. The molecule has 4 aromatic rings. The number of benzene rings is 3. The first-order chi connectivity index (χ1) is 15.5.